The third-order valence-corrected chi connectivity index (χ3v) is 10.1. The van der Waals surface area contributed by atoms with Crippen LogP contribution in [0.15, 0.2) is 24.8 Å². The maximum Gasteiger partial charge on any atom is 0.112 e. The van der Waals surface area contributed by atoms with Crippen molar-refractivity contribution in [3.63, 3.8) is 0 Å². The second kappa shape index (κ2) is 5.82. The Morgan fingerprint density at radius 2 is 1.47 bits per heavy atom. The molecule has 0 fully saturated rings. The first-order valence-electron chi connectivity index (χ1n) is 5.75. The lowest BCUT2D eigenvalue weighted by molar-refractivity contribution is 0.620. The van der Waals surface area contributed by atoms with E-state index in [4.69, 9.17) is 0 Å². The highest BCUT2D eigenvalue weighted by molar-refractivity contribution is 6.89. The molecule has 0 amide bonds. The van der Waals surface area contributed by atoms with E-state index in [0.29, 0.717) is 0 Å². The lowest BCUT2D eigenvalue weighted by Gasteiger charge is -2.43. The van der Waals surface area contributed by atoms with Gasteiger partial charge in [-0.15, -0.1) is 0 Å². The van der Waals surface area contributed by atoms with Gasteiger partial charge < -0.3 is 4.23 Å². The number of allylic oxidation sites excluding steroid dienone is 2. The molecule has 3 heteroatoms. The summed E-state index contributed by atoms with van der Waals surface area (Å²) >= 11 is 0. The quantitative estimate of drug-likeness (QED) is 0.500. The van der Waals surface area contributed by atoms with Crippen LogP contribution in [0.5, 0.6) is 0 Å². The van der Waals surface area contributed by atoms with Gasteiger partial charge in [0.05, 0.1) is 0 Å². The second-order valence-corrected chi connectivity index (χ2v) is 16.2. The van der Waals surface area contributed by atoms with Gasteiger partial charge in [-0.1, -0.05) is 64.1 Å². The summed E-state index contributed by atoms with van der Waals surface area (Å²) in [6.45, 7) is 19.6. The molecule has 0 heterocycles. The summed E-state index contributed by atoms with van der Waals surface area (Å²) in [5, 5.41) is 0. The largest absolute Gasteiger partial charge is 0.346 e. The van der Waals surface area contributed by atoms with E-state index >= 15 is 0 Å². The Kier molecular flexibility index (Phi) is 5.77. The zero-order valence-electron chi connectivity index (χ0n) is 11.3. The highest BCUT2D eigenvalue weighted by Crippen LogP contribution is 2.19. The summed E-state index contributed by atoms with van der Waals surface area (Å²) in [6, 6.07) is 0. The van der Waals surface area contributed by atoms with Crippen molar-refractivity contribution in [1.82, 2.24) is 4.23 Å². The van der Waals surface area contributed by atoms with Crippen LogP contribution in [0.3, 0.4) is 0 Å². The standard InChI is InChI=1S/C12H27NSi2/c1-8-9-10-11-12-13(14(2,3)4)15(5,6)7/h8-10H,1,11-12H2,2-7H3. The zero-order chi connectivity index (χ0) is 12.1. The molecule has 0 N–H and O–H groups in total. The Bertz CT molecular complexity index is 207. The molecule has 0 saturated heterocycles. The zero-order valence-corrected chi connectivity index (χ0v) is 13.3. The molecule has 0 unspecified atom stereocenters. The van der Waals surface area contributed by atoms with Crippen LogP contribution >= 0.6 is 0 Å². The molecule has 0 aromatic heterocycles. The van der Waals surface area contributed by atoms with Crippen LogP contribution in [0.25, 0.3) is 0 Å². The molecule has 0 bridgehead atoms. The van der Waals surface area contributed by atoms with E-state index in [1.807, 2.05) is 12.2 Å². The third-order valence-electron chi connectivity index (χ3n) is 2.41. The molecule has 1 nitrogen and oxygen atoms in total. The van der Waals surface area contributed by atoms with Crippen LogP contribution in [-0.4, -0.2) is 27.2 Å². The minimum absolute atomic E-state index is 1.15. The fourth-order valence-corrected chi connectivity index (χ4v) is 11.7. The first kappa shape index (κ1) is 14.9. The summed E-state index contributed by atoms with van der Waals surface area (Å²) in [7, 11) is -2.29. The molecule has 0 atom stereocenters. The average molecular weight is 242 g/mol. The highest BCUT2D eigenvalue weighted by Gasteiger charge is 2.33. The monoisotopic (exact) mass is 241 g/mol. The van der Waals surface area contributed by atoms with Crippen molar-refractivity contribution in [3.8, 4) is 0 Å². The van der Waals surface area contributed by atoms with Crippen LogP contribution in [-0.2, 0) is 0 Å². The molecular weight excluding hydrogens is 214 g/mol. The van der Waals surface area contributed by atoms with Crippen molar-refractivity contribution in [2.45, 2.75) is 45.7 Å². The minimum Gasteiger partial charge on any atom is -0.346 e. The van der Waals surface area contributed by atoms with Crippen LogP contribution in [0.1, 0.15) is 6.42 Å². The molecule has 0 aliphatic carbocycles. The fraction of sp³-hybridized carbons (Fsp3) is 0.667. The van der Waals surface area contributed by atoms with E-state index < -0.39 is 16.5 Å². The number of nitrogens with zero attached hydrogens (tertiary/aromatic N) is 1. The Morgan fingerprint density at radius 1 is 1.00 bits per heavy atom. The number of hydrogen-bond donors (Lipinski definition) is 0. The van der Waals surface area contributed by atoms with Crippen LogP contribution in [0, 0.1) is 0 Å². The SMILES string of the molecule is C=CC=CCCN([Si](C)(C)C)[Si](C)(C)C. The molecule has 0 aliphatic rings. The molecule has 0 spiro atoms. The molecule has 0 rings (SSSR count). The predicted octanol–water partition coefficient (Wildman–Crippen LogP) is 4.09. The van der Waals surface area contributed by atoms with Gasteiger partial charge in [0.1, 0.15) is 16.5 Å². The van der Waals surface area contributed by atoms with Gasteiger partial charge in [0.2, 0.25) is 0 Å². The average Bonchev–Trinajstić information content (AvgIpc) is 1.99. The van der Waals surface area contributed by atoms with E-state index in [-0.39, 0.29) is 0 Å². The van der Waals surface area contributed by atoms with Gasteiger partial charge >= 0.3 is 0 Å². The van der Waals surface area contributed by atoms with Gasteiger partial charge in [0, 0.05) is 0 Å². The predicted molar refractivity (Wildman–Crippen MR) is 77.4 cm³/mol. The van der Waals surface area contributed by atoms with Crippen LogP contribution in [0.2, 0.25) is 39.3 Å². The molecular formula is C12H27NSi2. The van der Waals surface area contributed by atoms with Gasteiger partial charge in [-0.05, 0) is 13.0 Å². The smallest absolute Gasteiger partial charge is 0.112 e. The maximum absolute atomic E-state index is 3.69. The van der Waals surface area contributed by atoms with Gasteiger partial charge in [0.15, 0.2) is 0 Å². The van der Waals surface area contributed by atoms with Crippen molar-refractivity contribution in [2.75, 3.05) is 6.54 Å². The number of rotatable bonds is 6. The third kappa shape index (κ3) is 6.12. The summed E-state index contributed by atoms with van der Waals surface area (Å²) in [6.07, 6.45) is 7.28. The fourth-order valence-electron chi connectivity index (χ4n) is 2.07. The van der Waals surface area contributed by atoms with E-state index in [0.717, 1.165) is 6.42 Å². The molecule has 0 saturated carbocycles. The topological polar surface area (TPSA) is 3.24 Å². The van der Waals surface area contributed by atoms with Gasteiger partial charge in [-0.25, -0.2) is 0 Å². The second-order valence-electron chi connectivity index (χ2n) is 5.95. The summed E-state index contributed by atoms with van der Waals surface area (Å²) in [5.74, 6) is 0. The van der Waals surface area contributed by atoms with Crippen LogP contribution < -0.4 is 0 Å². The van der Waals surface area contributed by atoms with Crippen molar-refractivity contribution in [1.29, 1.82) is 0 Å². The number of hydrogen-bond acceptors (Lipinski definition) is 1. The Balaban J connectivity index is 4.41. The van der Waals surface area contributed by atoms with E-state index in [9.17, 15) is 0 Å². The molecule has 0 aromatic rings. The Hall–Kier alpha value is -0.126. The van der Waals surface area contributed by atoms with E-state index in [1.54, 1.807) is 0 Å². The van der Waals surface area contributed by atoms with Gasteiger partial charge in [-0.3, -0.25) is 0 Å². The molecule has 0 radical (unpaired) electrons. The van der Waals surface area contributed by atoms with Gasteiger partial charge in [0.25, 0.3) is 0 Å². The van der Waals surface area contributed by atoms with Crippen LogP contribution in [0.4, 0.5) is 0 Å². The molecule has 88 valence electrons. The lowest BCUT2D eigenvalue weighted by atomic mass is 10.4. The van der Waals surface area contributed by atoms with Crippen molar-refractivity contribution < 1.29 is 0 Å². The normalized spacial score (nSPS) is 13.8. The Morgan fingerprint density at radius 3 is 1.80 bits per heavy atom. The van der Waals surface area contributed by atoms with Crippen molar-refractivity contribution in [2.24, 2.45) is 0 Å². The van der Waals surface area contributed by atoms with Crippen molar-refractivity contribution in [3.05, 3.63) is 24.8 Å². The van der Waals surface area contributed by atoms with E-state index in [2.05, 4.69) is 56.2 Å². The first-order chi connectivity index (χ1) is 6.69. The van der Waals surface area contributed by atoms with Gasteiger partial charge in [-0.2, -0.15) is 0 Å². The molecule has 0 aromatic carbocycles. The Labute approximate surface area is 98.1 Å². The highest BCUT2D eigenvalue weighted by atomic mass is 28.4. The van der Waals surface area contributed by atoms with E-state index in [1.165, 1.54) is 6.54 Å². The maximum atomic E-state index is 3.69. The molecule has 0 aliphatic heterocycles. The van der Waals surface area contributed by atoms with Crippen molar-refractivity contribution >= 4 is 16.5 Å². The minimum atomic E-state index is -1.15. The summed E-state index contributed by atoms with van der Waals surface area (Å²) in [4.78, 5) is 0. The summed E-state index contributed by atoms with van der Waals surface area (Å²) < 4.78 is 2.81. The molecule has 15 heavy (non-hydrogen) atoms. The lowest BCUT2D eigenvalue weighted by Crippen LogP contribution is -2.59. The summed E-state index contributed by atoms with van der Waals surface area (Å²) in [5.41, 5.74) is 0. The first-order valence-corrected chi connectivity index (χ1v) is 12.6.